The van der Waals surface area contributed by atoms with Crippen molar-refractivity contribution in [1.29, 1.82) is 0 Å². The quantitative estimate of drug-likeness (QED) is 0.601. The third-order valence-electron chi connectivity index (χ3n) is 8.31. The minimum absolute atomic E-state index is 0.0582. The van der Waals surface area contributed by atoms with Crippen LogP contribution in [-0.4, -0.2) is 57.6 Å². The number of benzene rings is 1. The van der Waals surface area contributed by atoms with Crippen molar-refractivity contribution >= 4 is 17.8 Å². The lowest BCUT2D eigenvalue weighted by Gasteiger charge is -2.50. The van der Waals surface area contributed by atoms with Gasteiger partial charge in [-0.3, -0.25) is 19.5 Å². The van der Waals surface area contributed by atoms with Crippen LogP contribution in [-0.2, 0) is 16.1 Å². The molecule has 4 atom stereocenters. The predicted molar refractivity (Wildman–Crippen MR) is 132 cm³/mol. The van der Waals surface area contributed by atoms with Crippen LogP contribution in [0.25, 0.3) is 0 Å². The Morgan fingerprint density at radius 3 is 2.67 bits per heavy atom. The maximum Gasteiger partial charge on any atom is 0.337 e. The third kappa shape index (κ3) is 4.94. The fourth-order valence-electron chi connectivity index (χ4n) is 6.31. The second kappa shape index (κ2) is 10.4. The smallest absolute Gasteiger partial charge is 0.337 e. The monoisotopic (exact) mass is 499 g/mol. The van der Waals surface area contributed by atoms with Crippen LogP contribution < -0.4 is 10.7 Å². The van der Waals surface area contributed by atoms with Gasteiger partial charge in [0.2, 0.25) is 11.8 Å². The minimum Gasteiger partial charge on any atom is -0.353 e. The van der Waals surface area contributed by atoms with Gasteiger partial charge in [0.05, 0.1) is 12.5 Å². The highest BCUT2D eigenvalue weighted by atomic mass is 19.1. The standard InChI is InChI=1S/C27H38FN5O3/c1-17(2)12-13-31-25(35)22-11-10-19(24(34)29-21-8-3-4-9-21)15-23(22)33-26(31)30-32(27(33)36)16-18-6-5-7-20(28)14-18/h5-7,14,17,19,21-23,26,30H,3-4,8-13,15-16H2,1-2H3,(H,29,34). The van der Waals surface area contributed by atoms with Gasteiger partial charge in [0, 0.05) is 24.5 Å². The molecule has 2 aliphatic heterocycles. The van der Waals surface area contributed by atoms with Crippen molar-refractivity contribution < 1.29 is 18.8 Å². The van der Waals surface area contributed by atoms with E-state index in [2.05, 4.69) is 24.6 Å². The van der Waals surface area contributed by atoms with E-state index in [-0.39, 0.29) is 54.1 Å². The highest BCUT2D eigenvalue weighted by Crippen LogP contribution is 2.41. The summed E-state index contributed by atoms with van der Waals surface area (Å²) in [5, 5.41) is 4.70. The molecule has 2 aliphatic carbocycles. The lowest BCUT2D eigenvalue weighted by atomic mass is 9.75. The first-order chi connectivity index (χ1) is 17.3. The lowest BCUT2D eigenvalue weighted by Crippen LogP contribution is -2.67. The van der Waals surface area contributed by atoms with Crippen LogP contribution in [0.2, 0.25) is 0 Å². The number of amides is 4. The molecule has 5 rings (SSSR count). The first-order valence-corrected chi connectivity index (χ1v) is 13.5. The molecule has 4 aliphatic rings. The molecule has 4 fully saturated rings. The molecule has 2 N–H and O–H groups in total. The molecule has 196 valence electrons. The summed E-state index contributed by atoms with van der Waals surface area (Å²) in [5.74, 6) is -0.322. The van der Waals surface area contributed by atoms with Gasteiger partial charge in [-0.1, -0.05) is 38.8 Å². The van der Waals surface area contributed by atoms with E-state index in [0.29, 0.717) is 37.3 Å². The topological polar surface area (TPSA) is 85.0 Å². The minimum atomic E-state index is -0.588. The summed E-state index contributed by atoms with van der Waals surface area (Å²) >= 11 is 0. The number of hydrogen-bond acceptors (Lipinski definition) is 4. The largest absolute Gasteiger partial charge is 0.353 e. The van der Waals surface area contributed by atoms with E-state index in [4.69, 9.17) is 0 Å². The molecule has 4 amide bonds. The van der Waals surface area contributed by atoms with Gasteiger partial charge >= 0.3 is 6.03 Å². The SMILES string of the molecule is CC(C)CCN1C(=O)C2CCC(C(=O)NC3CCCC3)CC2N2C(=O)N(Cc3cccc(F)c3)NC12. The average Bonchev–Trinajstić information content (AvgIpc) is 3.46. The van der Waals surface area contributed by atoms with Crippen molar-refractivity contribution in [2.45, 2.75) is 90.1 Å². The zero-order valence-corrected chi connectivity index (χ0v) is 21.3. The lowest BCUT2D eigenvalue weighted by molar-refractivity contribution is -0.159. The van der Waals surface area contributed by atoms with Gasteiger partial charge in [-0.15, -0.1) is 0 Å². The summed E-state index contributed by atoms with van der Waals surface area (Å²) in [6.07, 6.45) is 6.36. The Balaban J connectivity index is 1.37. The number of urea groups is 1. The maximum atomic E-state index is 13.8. The molecule has 0 bridgehead atoms. The Bertz CT molecular complexity index is 997. The van der Waals surface area contributed by atoms with Crippen LogP contribution in [0.4, 0.5) is 9.18 Å². The average molecular weight is 500 g/mol. The highest BCUT2D eigenvalue weighted by molar-refractivity contribution is 5.87. The summed E-state index contributed by atoms with van der Waals surface area (Å²) in [6, 6.07) is 5.90. The Morgan fingerprint density at radius 1 is 1.17 bits per heavy atom. The molecule has 0 radical (unpaired) electrons. The Kier molecular flexibility index (Phi) is 7.19. The number of fused-ring (bicyclic) bond motifs is 3. The van der Waals surface area contributed by atoms with Crippen LogP contribution in [0.15, 0.2) is 24.3 Å². The van der Waals surface area contributed by atoms with Gasteiger partial charge in [-0.25, -0.2) is 9.18 Å². The summed E-state index contributed by atoms with van der Waals surface area (Å²) in [5.41, 5.74) is 3.91. The third-order valence-corrected chi connectivity index (χ3v) is 8.31. The Hall–Kier alpha value is -2.68. The van der Waals surface area contributed by atoms with Gasteiger partial charge in [-0.05, 0) is 62.1 Å². The molecule has 1 aromatic rings. The zero-order chi connectivity index (χ0) is 25.4. The first-order valence-electron chi connectivity index (χ1n) is 13.5. The van der Waals surface area contributed by atoms with E-state index in [9.17, 15) is 18.8 Å². The zero-order valence-electron chi connectivity index (χ0n) is 21.3. The van der Waals surface area contributed by atoms with E-state index in [1.807, 2.05) is 0 Å². The predicted octanol–water partition coefficient (Wildman–Crippen LogP) is 3.58. The van der Waals surface area contributed by atoms with E-state index in [1.165, 1.54) is 17.1 Å². The van der Waals surface area contributed by atoms with Crippen molar-refractivity contribution in [3.05, 3.63) is 35.6 Å². The maximum absolute atomic E-state index is 13.8. The summed E-state index contributed by atoms with van der Waals surface area (Å²) < 4.78 is 13.8. The van der Waals surface area contributed by atoms with Gasteiger partial charge in [0.1, 0.15) is 5.82 Å². The van der Waals surface area contributed by atoms with Crippen LogP contribution in [0.1, 0.15) is 70.8 Å². The van der Waals surface area contributed by atoms with E-state index < -0.39 is 6.29 Å². The summed E-state index contributed by atoms with van der Waals surface area (Å²) in [7, 11) is 0. The van der Waals surface area contributed by atoms with Gasteiger partial charge < -0.3 is 10.2 Å². The van der Waals surface area contributed by atoms with Crippen molar-refractivity contribution in [3.63, 3.8) is 0 Å². The van der Waals surface area contributed by atoms with Gasteiger partial charge in [0.25, 0.3) is 0 Å². The van der Waals surface area contributed by atoms with E-state index in [1.54, 1.807) is 21.9 Å². The number of halogens is 1. The van der Waals surface area contributed by atoms with Crippen molar-refractivity contribution in [2.24, 2.45) is 17.8 Å². The molecule has 4 unspecified atom stereocenters. The molecule has 2 saturated carbocycles. The molecular formula is C27H38FN5O3. The fourth-order valence-corrected chi connectivity index (χ4v) is 6.31. The number of carbonyl (C=O) groups excluding carboxylic acids is 3. The number of hydrogen-bond donors (Lipinski definition) is 2. The number of rotatable bonds is 7. The molecule has 0 spiro atoms. The van der Waals surface area contributed by atoms with Crippen molar-refractivity contribution in [1.82, 2.24) is 25.6 Å². The molecular weight excluding hydrogens is 461 g/mol. The molecule has 2 saturated heterocycles. The van der Waals surface area contributed by atoms with Crippen molar-refractivity contribution in [2.75, 3.05) is 6.54 Å². The molecule has 36 heavy (non-hydrogen) atoms. The number of nitrogens with one attached hydrogen (secondary N) is 2. The normalized spacial score (nSPS) is 28.6. The van der Waals surface area contributed by atoms with Gasteiger partial charge in [0.15, 0.2) is 6.29 Å². The summed E-state index contributed by atoms with van der Waals surface area (Å²) in [6.45, 7) is 4.98. The van der Waals surface area contributed by atoms with Crippen LogP contribution in [0, 0.1) is 23.6 Å². The van der Waals surface area contributed by atoms with E-state index >= 15 is 0 Å². The number of nitrogens with zero attached hydrogens (tertiary/aromatic N) is 3. The molecule has 8 nitrogen and oxygen atoms in total. The molecule has 2 heterocycles. The van der Waals surface area contributed by atoms with Crippen LogP contribution in [0.5, 0.6) is 0 Å². The van der Waals surface area contributed by atoms with Gasteiger partial charge in [-0.2, -0.15) is 5.43 Å². The highest BCUT2D eigenvalue weighted by Gasteiger charge is 2.56. The molecule has 0 aromatic heterocycles. The Morgan fingerprint density at radius 2 is 1.94 bits per heavy atom. The number of hydrazine groups is 1. The van der Waals surface area contributed by atoms with E-state index in [0.717, 1.165) is 32.1 Å². The molecule has 1 aromatic carbocycles. The van der Waals surface area contributed by atoms with Crippen molar-refractivity contribution in [3.8, 4) is 0 Å². The first kappa shape index (κ1) is 25.0. The van der Waals surface area contributed by atoms with Crippen LogP contribution in [0.3, 0.4) is 0 Å². The van der Waals surface area contributed by atoms with Crippen LogP contribution >= 0.6 is 0 Å². The number of carbonyl (C=O) groups is 3. The second-order valence-corrected chi connectivity index (χ2v) is 11.3. The molecule has 9 heteroatoms. The second-order valence-electron chi connectivity index (χ2n) is 11.3. The Labute approximate surface area is 212 Å². The summed E-state index contributed by atoms with van der Waals surface area (Å²) in [4.78, 5) is 44.0. The fraction of sp³-hybridized carbons (Fsp3) is 0.667.